The summed E-state index contributed by atoms with van der Waals surface area (Å²) in [6, 6.07) is 0.577. The third-order valence-corrected chi connectivity index (χ3v) is 4.14. The average Bonchev–Trinajstić information content (AvgIpc) is 2.75. The van der Waals surface area contributed by atoms with Crippen LogP contribution in [0.25, 0.3) is 0 Å². The lowest BCUT2D eigenvalue weighted by atomic mass is 10.0. The quantitative estimate of drug-likeness (QED) is 0.898. The Morgan fingerprint density at radius 3 is 2.53 bits per heavy atom. The van der Waals surface area contributed by atoms with Gasteiger partial charge in [-0.1, -0.05) is 0 Å². The highest BCUT2D eigenvalue weighted by atomic mass is 35.5. The molecular formula is C12H19ClN2OS. The van der Waals surface area contributed by atoms with E-state index in [-0.39, 0.29) is 18.3 Å². The van der Waals surface area contributed by atoms with Gasteiger partial charge in [-0.15, -0.1) is 12.4 Å². The van der Waals surface area contributed by atoms with Crippen LogP contribution in [0.1, 0.15) is 28.8 Å². The fraction of sp³-hybridized carbons (Fsp3) is 0.583. The fourth-order valence-corrected chi connectivity index (χ4v) is 2.94. The number of hydrogen-bond donors (Lipinski definition) is 1. The van der Waals surface area contributed by atoms with Crippen molar-refractivity contribution >= 4 is 29.7 Å². The van der Waals surface area contributed by atoms with E-state index in [1.54, 1.807) is 11.3 Å². The molecule has 1 aliphatic rings. The van der Waals surface area contributed by atoms with E-state index in [0.29, 0.717) is 6.04 Å². The first-order valence-corrected chi connectivity index (χ1v) is 6.66. The van der Waals surface area contributed by atoms with Crippen molar-refractivity contribution in [1.82, 2.24) is 10.2 Å². The number of likely N-dealkylation sites (tertiary alicyclic amines) is 1. The molecule has 3 nitrogen and oxygen atoms in total. The molecule has 1 N–H and O–H groups in total. The van der Waals surface area contributed by atoms with Gasteiger partial charge < -0.3 is 10.2 Å². The topological polar surface area (TPSA) is 32.3 Å². The number of aryl methyl sites for hydroxylation is 1. The van der Waals surface area contributed by atoms with Crippen molar-refractivity contribution in [2.45, 2.75) is 25.8 Å². The molecule has 17 heavy (non-hydrogen) atoms. The van der Waals surface area contributed by atoms with E-state index in [1.165, 1.54) is 0 Å². The van der Waals surface area contributed by atoms with E-state index in [2.05, 4.69) is 5.32 Å². The number of amides is 1. The van der Waals surface area contributed by atoms with E-state index < -0.39 is 0 Å². The maximum atomic E-state index is 12.2. The summed E-state index contributed by atoms with van der Waals surface area (Å²) >= 11 is 1.60. The highest BCUT2D eigenvalue weighted by Gasteiger charge is 2.23. The van der Waals surface area contributed by atoms with E-state index in [0.717, 1.165) is 37.1 Å². The molecule has 0 aliphatic carbocycles. The van der Waals surface area contributed by atoms with Gasteiger partial charge >= 0.3 is 0 Å². The molecule has 1 amide bonds. The molecule has 0 bridgehead atoms. The highest BCUT2D eigenvalue weighted by molar-refractivity contribution is 7.08. The monoisotopic (exact) mass is 274 g/mol. The Kier molecular flexibility index (Phi) is 5.43. The Morgan fingerprint density at radius 2 is 2.06 bits per heavy atom. The van der Waals surface area contributed by atoms with Crippen molar-refractivity contribution in [3.05, 3.63) is 21.9 Å². The normalized spacial score (nSPS) is 16.7. The smallest absolute Gasteiger partial charge is 0.254 e. The van der Waals surface area contributed by atoms with Gasteiger partial charge in [0.2, 0.25) is 0 Å². The largest absolute Gasteiger partial charge is 0.338 e. The fourth-order valence-electron chi connectivity index (χ4n) is 2.12. The zero-order chi connectivity index (χ0) is 11.5. The summed E-state index contributed by atoms with van der Waals surface area (Å²) in [5.41, 5.74) is 1.98. The van der Waals surface area contributed by atoms with Crippen molar-refractivity contribution < 1.29 is 4.79 Å². The van der Waals surface area contributed by atoms with Crippen molar-refractivity contribution in [2.24, 2.45) is 0 Å². The Balaban J connectivity index is 0.00000144. The number of carbonyl (C=O) groups excluding carboxylic acids is 1. The van der Waals surface area contributed by atoms with E-state index >= 15 is 0 Å². The van der Waals surface area contributed by atoms with Crippen molar-refractivity contribution in [3.63, 3.8) is 0 Å². The molecule has 5 heteroatoms. The number of hydrogen-bond acceptors (Lipinski definition) is 3. The van der Waals surface area contributed by atoms with Gasteiger partial charge in [0.25, 0.3) is 5.91 Å². The number of thiophene rings is 1. The van der Waals surface area contributed by atoms with Gasteiger partial charge in [0.15, 0.2) is 0 Å². The highest BCUT2D eigenvalue weighted by Crippen LogP contribution is 2.19. The van der Waals surface area contributed by atoms with Crippen LogP contribution in [0, 0.1) is 6.92 Å². The second-order valence-corrected chi connectivity index (χ2v) is 5.07. The summed E-state index contributed by atoms with van der Waals surface area (Å²) in [6.07, 6.45) is 2.12. The molecule has 1 aliphatic heterocycles. The SMILES string of the molecule is CNC1CCN(C(=O)c2cscc2C)CC1.Cl. The summed E-state index contributed by atoms with van der Waals surface area (Å²) in [7, 11) is 1.99. The number of rotatable bonds is 2. The van der Waals surface area contributed by atoms with Crippen LogP contribution in [0.4, 0.5) is 0 Å². The second kappa shape index (κ2) is 6.38. The molecular weight excluding hydrogens is 256 g/mol. The molecule has 1 fully saturated rings. The summed E-state index contributed by atoms with van der Waals surface area (Å²) in [5.74, 6) is 0.202. The van der Waals surface area contributed by atoms with Crippen LogP contribution in [-0.2, 0) is 0 Å². The molecule has 0 aromatic carbocycles. The molecule has 2 rings (SSSR count). The van der Waals surface area contributed by atoms with Gasteiger partial charge in [0.05, 0.1) is 5.56 Å². The molecule has 2 heterocycles. The lowest BCUT2D eigenvalue weighted by Gasteiger charge is -2.31. The van der Waals surface area contributed by atoms with E-state index in [4.69, 9.17) is 0 Å². The maximum absolute atomic E-state index is 12.2. The first kappa shape index (κ1) is 14.5. The summed E-state index contributed by atoms with van der Waals surface area (Å²) in [5, 5.41) is 7.27. The third-order valence-electron chi connectivity index (χ3n) is 3.28. The molecule has 1 aromatic rings. The zero-order valence-corrected chi connectivity index (χ0v) is 11.9. The van der Waals surface area contributed by atoms with Gasteiger partial charge in [-0.2, -0.15) is 11.3 Å². The van der Waals surface area contributed by atoms with Gasteiger partial charge in [-0.25, -0.2) is 0 Å². The lowest BCUT2D eigenvalue weighted by Crippen LogP contribution is -2.44. The number of carbonyl (C=O) groups is 1. The van der Waals surface area contributed by atoms with Crippen LogP contribution < -0.4 is 5.32 Å². The maximum Gasteiger partial charge on any atom is 0.254 e. The predicted molar refractivity (Wildman–Crippen MR) is 74.3 cm³/mol. The molecule has 0 unspecified atom stereocenters. The first-order chi connectivity index (χ1) is 7.72. The Morgan fingerprint density at radius 1 is 1.41 bits per heavy atom. The molecule has 1 saturated heterocycles. The van der Waals surface area contributed by atoms with Crippen LogP contribution in [0.5, 0.6) is 0 Å². The summed E-state index contributed by atoms with van der Waals surface area (Å²) in [4.78, 5) is 14.2. The summed E-state index contributed by atoms with van der Waals surface area (Å²) < 4.78 is 0. The Hall–Kier alpha value is -0.580. The standard InChI is InChI=1S/C12H18N2OS.ClH/c1-9-7-16-8-11(9)12(15)14-5-3-10(13-2)4-6-14;/h7-8,10,13H,3-6H2,1-2H3;1H. The van der Waals surface area contributed by atoms with Crippen LogP contribution in [0.3, 0.4) is 0 Å². The van der Waals surface area contributed by atoms with E-state index in [1.807, 2.05) is 29.6 Å². The van der Waals surface area contributed by atoms with Gasteiger partial charge in [0, 0.05) is 24.5 Å². The molecule has 96 valence electrons. The van der Waals surface area contributed by atoms with Crippen molar-refractivity contribution in [1.29, 1.82) is 0 Å². The number of halogens is 1. The number of nitrogens with zero attached hydrogens (tertiary/aromatic N) is 1. The molecule has 0 atom stereocenters. The van der Waals surface area contributed by atoms with Crippen LogP contribution >= 0.6 is 23.7 Å². The van der Waals surface area contributed by atoms with Crippen LogP contribution in [0.2, 0.25) is 0 Å². The Bertz CT molecular complexity index is 372. The lowest BCUT2D eigenvalue weighted by molar-refractivity contribution is 0.0707. The van der Waals surface area contributed by atoms with Gasteiger partial charge in [-0.05, 0) is 37.8 Å². The number of piperidine rings is 1. The first-order valence-electron chi connectivity index (χ1n) is 5.71. The average molecular weight is 275 g/mol. The predicted octanol–water partition coefficient (Wildman–Crippen LogP) is 2.30. The molecule has 0 saturated carbocycles. The third kappa shape index (κ3) is 3.21. The minimum atomic E-state index is 0. The summed E-state index contributed by atoms with van der Waals surface area (Å²) in [6.45, 7) is 3.75. The molecule has 0 spiro atoms. The van der Waals surface area contributed by atoms with Crippen molar-refractivity contribution in [3.8, 4) is 0 Å². The molecule has 1 aromatic heterocycles. The molecule has 0 radical (unpaired) electrons. The van der Waals surface area contributed by atoms with E-state index in [9.17, 15) is 4.79 Å². The van der Waals surface area contributed by atoms with Gasteiger partial charge in [-0.3, -0.25) is 4.79 Å². The van der Waals surface area contributed by atoms with Gasteiger partial charge in [0.1, 0.15) is 0 Å². The minimum Gasteiger partial charge on any atom is -0.338 e. The van der Waals surface area contributed by atoms with Crippen LogP contribution in [0.15, 0.2) is 10.8 Å². The van der Waals surface area contributed by atoms with Crippen LogP contribution in [-0.4, -0.2) is 37.0 Å². The minimum absolute atomic E-state index is 0. The zero-order valence-electron chi connectivity index (χ0n) is 10.2. The number of nitrogens with one attached hydrogen (secondary N) is 1. The van der Waals surface area contributed by atoms with Crippen molar-refractivity contribution in [2.75, 3.05) is 20.1 Å². The second-order valence-electron chi connectivity index (χ2n) is 4.32. The Labute approximate surface area is 113 Å².